The molecule has 0 rings (SSSR count). The lowest BCUT2D eigenvalue weighted by Crippen LogP contribution is -2.45. The van der Waals surface area contributed by atoms with Crippen molar-refractivity contribution >= 4 is 5.91 Å². The van der Waals surface area contributed by atoms with Gasteiger partial charge in [-0.15, -0.1) is 0 Å². The van der Waals surface area contributed by atoms with E-state index in [1.54, 1.807) is 6.08 Å². The van der Waals surface area contributed by atoms with E-state index >= 15 is 0 Å². The Labute approximate surface area is 368 Å². The summed E-state index contributed by atoms with van der Waals surface area (Å²) < 4.78 is 0. The Balaban J connectivity index is 3.57. The fourth-order valence-corrected chi connectivity index (χ4v) is 7.73. The molecule has 344 valence electrons. The molecule has 0 aromatic heterocycles. The molecule has 1 amide bonds. The van der Waals surface area contributed by atoms with Crippen LogP contribution in [-0.4, -0.2) is 34.9 Å². The predicted molar refractivity (Wildman–Crippen MR) is 262 cm³/mol. The van der Waals surface area contributed by atoms with Crippen LogP contribution in [0.25, 0.3) is 0 Å². The van der Waals surface area contributed by atoms with Gasteiger partial charge in [-0.1, -0.05) is 248 Å². The molecular weight excluding hydrogens is 723 g/mol. The van der Waals surface area contributed by atoms with E-state index in [9.17, 15) is 15.0 Å². The molecule has 0 bridgehead atoms. The number of hydrogen-bond acceptors (Lipinski definition) is 3. The summed E-state index contributed by atoms with van der Waals surface area (Å²) in [7, 11) is 0. The first kappa shape index (κ1) is 57.1. The minimum absolute atomic E-state index is 0.0861. The molecule has 0 heterocycles. The molecule has 0 aliphatic carbocycles. The summed E-state index contributed by atoms with van der Waals surface area (Å²) in [6.07, 6.45) is 70.8. The molecule has 0 aromatic carbocycles. The summed E-state index contributed by atoms with van der Waals surface area (Å²) in [5.74, 6) is -0.0861. The topological polar surface area (TPSA) is 69.6 Å². The Hall–Kier alpha value is -1.91. The van der Waals surface area contributed by atoms with Crippen molar-refractivity contribution in [1.82, 2.24) is 5.32 Å². The van der Waals surface area contributed by atoms with Gasteiger partial charge in [-0.25, -0.2) is 0 Å². The number of unbranched alkanes of at least 4 members (excludes halogenated alkanes) is 32. The Kier molecular flexibility index (Phi) is 48.8. The first-order valence-electron chi connectivity index (χ1n) is 26.0. The second-order valence-electron chi connectivity index (χ2n) is 17.6. The van der Waals surface area contributed by atoms with Gasteiger partial charge in [0.15, 0.2) is 0 Å². The molecule has 2 unspecified atom stereocenters. The zero-order valence-corrected chi connectivity index (χ0v) is 39.5. The number of aliphatic hydroxyl groups excluding tert-OH is 2. The van der Waals surface area contributed by atoms with Gasteiger partial charge in [0, 0.05) is 6.42 Å². The quantitative estimate of drug-likeness (QED) is 0.0423. The molecule has 0 fully saturated rings. The molecule has 0 aliphatic heterocycles. The van der Waals surface area contributed by atoms with Gasteiger partial charge in [0.1, 0.15) is 0 Å². The molecule has 59 heavy (non-hydrogen) atoms. The largest absolute Gasteiger partial charge is 0.394 e. The molecular formula is C55H101NO3. The van der Waals surface area contributed by atoms with E-state index in [-0.39, 0.29) is 12.5 Å². The van der Waals surface area contributed by atoms with Crippen molar-refractivity contribution in [2.75, 3.05) is 6.61 Å². The van der Waals surface area contributed by atoms with Crippen molar-refractivity contribution in [1.29, 1.82) is 0 Å². The number of carbonyl (C=O) groups excluding carboxylic acids is 1. The van der Waals surface area contributed by atoms with Crippen LogP contribution in [0.2, 0.25) is 0 Å². The fourth-order valence-electron chi connectivity index (χ4n) is 7.73. The van der Waals surface area contributed by atoms with Crippen molar-refractivity contribution in [2.45, 2.75) is 276 Å². The molecule has 4 heteroatoms. The third-order valence-corrected chi connectivity index (χ3v) is 11.7. The maximum atomic E-state index is 12.4. The van der Waals surface area contributed by atoms with E-state index in [2.05, 4.69) is 67.8 Å². The fraction of sp³-hybridized carbons (Fsp3) is 0.800. The molecule has 3 N–H and O–H groups in total. The Morgan fingerprint density at radius 1 is 0.407 bits per heavy atom. The third-order valence-electron chi connectivity index (χ3n) is 11.7. The van der Waals surface area contributed by atoms with Gasteiger partial charge in [-0.05, 0) is 70.6 Å². The van der Waals surface area contributed by atoms with Gasteiger partial charge >= 0.3 is 0 Å². The lowest BCUT2D eigenvalue weighted by molar-refractivity contribution is -0.123. The smallest absolute Gasteiger partial charge is 0.220 e. The minimum Gasteiger partial charge on any atom is -0.394 e. The van der Waals surface area contributed by atoms with Crippen LogP contribution < -0.4 is 5.32 Å². The van der Waals surface area contributed by atoms with Gasteiger partial charge in [-0.3, -0.25) is 4.79 Å². The number of nitrogens with one attached hydrogen (secondary N) is 1. The van der Waals surface area contributed by atoms with Gasteiger partial charge < -0.3 is 15.5 Å². The lowest BCUT2D eigenvalue weighted by Gasteiger charge is -2.19. The lowest BCUT2D eigenvalue weighted by atomic mass is 10.0. The minimum atomic E-state index is -0.871. The summed E-state index contributed by atoms with van der Waals surface area (Å²) in [6, 6.07) is -0.649. The standard InChI is InChI=1S/C55H101NO3/c1-3-5-7-9-11-13-15-17-19-21-23-24-25-26-27-28-29-30-31-33-34-36-38-40-42-44-46-48-50-54(58)53(52-57)56-55(59)51-49-47-45-43-41-39-37-35-32-22-20-18-16-14-12-10-8-6-4-2/h12,14,18,20,32,35,40,42,48,50,53-54,57-58H,3-11,13,15-17,19,21-31,33-34,36-39,41,43-47,49,51-52H2,1-2H3,(H,56,59)/b14-12-,20-18-,35-32-,42-40+,50-48+. The van der Waals surface area contributed by atoms with Crippen molar-refractivity contribution in [3.05, 3.63) is 60.8 Å². The summed E-state index contributed by atoms with van der Waals surface area (Å²) in [6.45, 7) is 4.28. The van der Waals surface area contributed by atoms with Crippen molar-refractivity contribution in [3.63, 3.8) is 0 Å². The number of aliphatic hydroxyl groups is 2. The highest BCUT2D eigenvalue weighted by Gasteiger charge is 2.17. The summed E-state index contributed by atoms with van der Waals surface area (Å²) >= 11 is 0. The predicted octanol–water partition coefficient (Wildman–Crippen LogP) is 16.9. The van der Waals surface area contributed by atoms with E-state index in [0.717, 1.165) is 57.8 Å². The van der Waals surface area contributed by atoms with E-state index in [0.29, 0.717) is 6.42 Å². The molecule has 0 saturated carbocycles. The van der Waals surface area contributed by atoms with Crippen molar-refractivity contribution in [3.8, 4) is 0 Å². The normalized spacial score (nSPS) is 13.4. The Bertz CT molecular complexity index is 981. The maximum Gasteiger partial charge on any atom is 0.220 e. The molecule has 0 radical (unpaired) electrons. The monoisotopic (exact) mass is 824 g/mol. The molecule has 2 atom stereocenters. The van der Waals surface area contributed by atoms with Crippen LogP contribution >= 0.6 is 0 Å². The SMILES string of the molecule is CCCCC/C=C\C/C=C\C/C=C\CCCCCCCCC(=O)NC(CO)C(O)/C=C/CC/C=C/CCCCCCCCCCCCCCCCCCCCCCCC. The van der Waals surface area contributed by atoms with Crippen LogP contribution in [0.1, 0.15) is 264 Å². The number of rotatable bonds is 47. The maximum absolute atomic E-state index is 12.4. The van der Waals surface area contributed by atoms with Crippen LogP contribution in [-0.2, 0) is 4.79 Å². The van der Waals surface area contributed by atoms with Crippen LogP contribution in [0, 0.1) is 0 Å². The number of carbonyl (C=O) groups is 1. The van der Waals surface area contributed by atoms with Crippen molar-refractivity contribution < 1.29 is 15.0 Å². The van der Waals surface area contributed by atoms with Crippen LogP contribution in [0.3, 0.4) is 0 Å². The van der Waals surface area contributed by atoms with Gasteiger partial charge in [-0.2, -0.15) is 0 Å². The van der Waals surface area contributed by atoms with E-state index in [1.165, 1.54) is 186 Å². The first-order valence-corrected chi connectivity index (χ1v) is 26.0. The third kappa shape index (κ3) is 47.0. The Morgan fingerprint density at radius 3 is 1.14 bits per heavy atom. The van der Waals surface area contributed by atoms with Crippen LogP contribution in [0.15, 0.2) is 60.8 Å². The zero-order valence-electron chi connectivity index (χ0n) is 39.5. The molecule has 4 nitrogen and oxygen atoms in total. The highest BCUT2D eigenvalue weighted by atomic mass is 16.3. The Morgan fingerprint density at radius 2 is 0.712 bits per heavy atom. The van der Waals surface area contributed by atoms with E-state index in [4.69, 9.17) is 0 Å². The second-order valence-corrected chi connectivity index (χ2v) is 17.6. The molecule has 0 aliphatic rings. The zero-order chi connectivity index (χ0) is 42.8. The van der Waals surface area contributed by atoms with Crippen LogP contribution in [0.4, 0.5) is 0 Å². The van der Waals surface area contributed by atoms with Gasteiger partial charge in [0.2, 0.25) is 5.91 Å². The second kappa shape index (κ2) is 50.4. The summed E-state index contributed by atoms with van der Waals surface area (Å²) in [4.78, 5) is 12.4. The van der Waals surface area contributed by atoms with Gasteiger partial charge in [0.05, 0.1) is 18.8 Å². The average molecular weight is 824 g/mol. The summed E-state index contributed by atoms with van der Waals surface area (Å²) in [5.41, 5.74) is 0. The van der Waals surface area contributed by atoms with E-state index in [1.807, 2.05) is 6.08 Å². The number of amides is 1. The molecule has 0 spiro atoms. The number of allylic oxidation sites excluding steroid dienone is 9. The highest BCUT2D eigenvalue weighted by Crippen LogP contribution is 2.16. The highest BCUT2D eigenvalue weighted by molar-refractivity contribution is 5.76. The molecule has 0 saturated heterocycles. The van der Waals surface area contributed by atoms with E-state index < -0.39 is 12.1 Å². The number of hydrogen-bond donors (Lipinski definition) is 3. The average Bonchev–Trinajstić information content (AvgIpc) is 3.24. The summed E-state index contributed by atoms with van der Waals surface area (Å²) in [5, 5.41) is 23.1. The first-order chi connectivity index (χ1) is 29.2. The van der Waals surface area contributed by atoms with Crippen molar-refractivity contribution in [2.24, 2.45) is 0 Å². The van der Waals surface area contributed by atoms with Crippen LogP contribution in [0.5, 0.6) is 0 Å². The molecule has 0 aromatic rings. The van der Waals surface area contributed by atoms with Gasteiger partial charge in [0.25, 0.3) is 0 Å².